The van der Waals surface area contributed by atoms with Crippen molar-refractivity contribution in [1.82, 2.24) is 0 Å². The fourth-order valence-electron chi connectivity index (χ4n) is 1.39. The Bertz CT molecular complexity index is 682. The lowest BCUT2D eigenvalue weighted by Gasteiger charge is -2.09. The van der Waals surface area contributed by atoms with Crippen molar-refractivity contribution in [3.05, 3.63) is 24.3 Å². The molecule has 3 N–H and O–H groups in total. The van der Waals surface area contributed by atoms with Crippen LogP contribution < -0.4 is 10.5 Å². The molecule has 0 radical (unpaired) electrons. The maximum atomic E-state index is 12.3. The summed E-state index contributed by atoms with van der Waals surface area (Å²) >= 11 is 0. The van der Waals surface area contributed by atoms with Gasteiger partial charge in [0.25, 0.3) is 9.84 Å². The standard InChI is InChI=1S/C10H13F3N2O4S2/c11-10(12,13)21(18,19)9-4-2-8(3-5-9)15-6-1-7-20(14,16)17/h2-5,15H,1,6-7H2,(H2,14,16,17). The van der Waals surface area contributed by atoms with Gasteiger partial charge in [-0.1, -0.05) is 0 Å². The molecule has 0 fully saturated rings. The molecule has 0 aliphatic rings. The van der Waals surface area contributed by atoms with E-state index in [1.54, 1.807) is 0 Å². The Balaban J connectivity index is 2.68. The second-order valence-corrected chi connectivity index (χ2v) is 7.80. The van der Waals surface area contributed by atoms with E-state index in [-0.39, 0.29) is 18.7 Å². The van der Waals surface area contributed by atoms with Crippen molar-refractivity contribution in [1.29, 1.82) is 0 Å². The van der Waals surface area contributed by atoms with Crippen molar-refractivity contribution in [2.75, 3.05) is 17.6 Å². The van der Waals surface area contributed by atoms with Gasteiger partial charge in [-0.2, -0.15) is 13.2 Å². The largest absolute Gasteiger partial charge is 0.501 e. The Morgan fingerprint density at radius 2 is 1.57 bits per heavy atom. The summed E-state index contributed by atoms with van der Waals surface area (Å²) in [6.45, 7) is 0.224. The van der Waals surface area contributed by atoms with E-state index in [2.05, 4.69) is 5.32 Å². The molecule has 1 aromatic carbocycles. The van der Waals surface area contributed by atoms with E-state index >= 15 is 0 Å². The van der Waals surface area contributed by atoms with Gasteiger partial charge in [-0.15, -0.1) is 0 Å². The van der Waals surface area contributed by atoms with Gasteiger partial charge < -0.3 is 5.32 Å². The third-order valence-corrected chi connectivity index (χ3v) is 4.76. The molecule has 0 heterocycles. The molecule has 0 aliphatic carbocycles. The summed E-state index contributed by atoms with van der Waals surface area (Å²) in [4.78, 5) is -0.856. The highest BCUT2D eigenvalue weighted by molar-refractivity contribution is 7.92. The van der Waals surface area contributed by atoms with E-state index in [0.29, 0.717) is 5.69 Å². The number of hydrogen-bond donors (Lipinski definition) is 2. The number of nitrogens with one attached hydrogen (secondary N) is 1. The molecule has 6 nitrogen and oxygen atoms in total. The van der Waals surface area contributed by atoms with Crippen molar-refractivity contribution in [2.24, 2.45) is 5.14 Å². The first-order valence-electron chi connectivity index (χ1n) is 5.59. The van der Waals surface area contributed by atoms with Crippen LogP contribution in [0.15, 0.2) is 29.2 Å². The quantitative estimate of drug-likeness (QED) is 0.750. The Kier molecular flexibility index (Phi) is 5.23. The topological polar surface area (TPSA) is 106 Å². The number of benzene rings is 1. The molecule has 0 atom stereocenters. The molecule has 0 aromatic heterocycles. The van der Waals surface area contributed by atoms with Gasteiger partial charge in [0.1, 0.15) is 0 Å². The smallest absolute Gasteiger partial charge is 0.385 e. The first-order valence-corrected chi connectivity index (χ1v) is 8.79. The first kappa shape index (κ1) is 17.7. The van der Waals surface area contributed by atoms with Gasteiger partial charge in [-0.25, -0.2) is 22.0 Å². The van der Waals surface area contributed by atoms with Crippen molar-refractivity contribution in [2.45, 2.75) is 16.8 Å². The zero-order valence-corrected chi connectivity index (χ0v) is 12.2. The predicted octanol–water partition coefficient (Wildman–Crippen LogP) is 1.07. The van der Waals surface area contributed by atoms with Gasteiger partial charge in [0.2, 0.25) is 10.0 Å². The van der Waals surface area contributed by atoms with Crippen LogP contribution in [0, 0.1) is 0 Å². The molecule has 0 unspecified atom stereocenters. The molecular weight excluding hydrogens is 333 g/mol. The van der Waals surface area contributed by atoms with Crippen molar-refractivity contribution >= 4 is 25.5 Å². The minimum absolute atomic E-state index is 0.210. The first-order chi connectivity index (χ1) is 9.43. The summed E-state index contributed by atoms with van der Waals surface area (Å²) in [7, 11) is -8.93. The number of primary sulfonamides is 1. The molecule has 0 saturated carbocycles. The van der Waals surface area contributed by atoms with Crippen LogP contribution in [0.3, 0.4) is 0 Å². The molecule has 0 spiro atoms. The monoisotopic (exact) mass is 346 g/mol. The highest BCUT2D eigenvalue weighted by atomic mass is 32.2. The Labute approximate surface area is 120 Å². The third kappa shape index (κ3) is 5.17. The van der Waals surface area contributed by atoms with Crippen LogP contribution >= 0.6 is 0 Å². The normalized spacial score (nSPS) is 13.1. The fourth-order valence-corrected chi connectivity index (χ4v) is 2.70. The molecule has 0 amide bonds. The minimum atomic E-state index is -5.36. The number of rotatable bonds is 6. The summed E-state index contributed by atoms with van der Waals surface area (Å²) in [5.41, 5.74) is -4.98. The third-order valence-electron chi connectivity index (χ3n) is 2.40. The van der Waals surface area contributed by atoms with Gasteiger partial charge >= 0.3 is 5.51 Å². The van der Waals surface area contributed by atoms with Crippen molar-refractivity contribution < 1.29 is 30.0 Å². The zero-order valence-electron chi connectivity index (χ0n) is 10.6. The summed E-state index contributed by atoms with van der Waals surface area (Å²) in [5, 5.41) is 7.53. The van der Waals surface area contributed by atoms with Gasteiger partial charge in [0.05, 0.1) is 10.6 Å². The summed E-state index contributed by atoms with van der Waals surface area (Å²) < 4.78 is 80.5. The second-order valence-electron chi connectivity index (χ2n) is 4.12. The van der Waals surface area contributed by atoms with E-state index < -0.39 is 30.3 Å². The Hall–Kier alpha value is -1.33. The van der Waals surface area contributed by atoms with E-state index in [1.165, 1.54) is 0 Å². The molecule has 0 aliphatic heterocycles. The lowest BCUT2D eigenvalue weighted by Crippen LogP contribution is -2.23. The van der Waals surface area contributed by atoms with Crippen LogP contribution in [0.5, 0.6) is 0 Å². The lowest BCUT2D eigenvalue weighted by atomic mass is 10.3. The van der Waals surface area contributed by atoms with E-state index in [9.17, 15) is 30.0 Å². The van der Waals surface area contributed by atoms with Gasteiger partial charge in [0, 0.05) is 12.2 Å². The molecule has 1 aromatic rings. The summed E-state index contributed by atoms with van der Waals surface area (Å²) in [6, 6.07) is 3.97. The van der Waals surface area contributed by atoms with Crippen LogP contribution in [-0.4, -0.2) is 34.6 Å². The summed E-state index contributed by atoms with van der Waals surface area (Å²) in [5.74, 6) is -0.236. The van der Waals surface area contributed by atoms with Crippen molar-refractivity contribution in [3.63, 3.8) is 0 Å². The van der Waals surface area contributed by atoms with Gasteiger partial charge in [-0.05, 0) is 30.7 Å². The number of halogens is 3. The Morgan fingerprint density at radius 1 is 1.05 bits per heavy atom. The molecule has 0 bridgehead atoms. The van der Waals surface area contributed by atoms with Crippen molar-refractivity contribution in [3.8, 4) is 0 Å². The van der Waals surface area contributed by atoms with Gasteiger partial charge in [0.15, 0.2) is 0 Å². The molecule has 11 heteroatoms. The van der Waals surface area contributed by atoms with Crippen LogP contribution in [-0.2, 0) is 19.9 Å². The van der Waals surface area contributed by atoms with Crippen LogP contribution in [0.1, 0.15) is 6.42 Å². The maximum absolute atomic E-state index is 12.3. The van der Waals surface area contributed by atoms with Crippen LogP contribution in [0.25, 0.3) is 0 Å². The number of sulfonamides is 1. The SMILES string of the molecule is NS(=O)(=O)CCCNc1ccc(S(=O)(=O)C(F)(F)F)cc1. The maximum Gasteiger partial charge on any atom is 0.501 e. The predicted molar refractivity (Wildman–Crippen MR) is 70.8 cm³/mol. The number of alkyl halides is 3. The number of hydrogen-bond acceptors (Lipinski definition) is 5. The van der Waals surface area contributed by atoms with E-state index in [1.807, 2.05) is 0 Å². The average Bonchev–Trinajstić information content (AvgIpc) is 2.33. The van der Waals surface area contributed by atoms with E-state index in [4.69, 9.17) is 5.14 Å². The average molecular weight is 346 g/mol. The Morgan fingerprint density at radius 3 is 2.00 bits per heavy atom. The van der Waals surface area contributed by atoms with E-state index in [0.717, 1.165) is 24.3 Å². The fraction of sp³-hybridized carbons (Fsp3) is 0.400. The minimum Gasteiger partial charge on any atom is -0.385 e. The molecular formula is C10H13F3N2O4S2. The van der Waals surface area contributed by atoms with Gasteiger partial charge in [-0.3, -0.25) is 0 Å². The molecule has 120 valence electrons. The number of sulfone groups is 1. The molecule has 0 saturated heterocycles. The summed E-state index contributed by atoms with van der Waals surface area (Å²) in [6.07, 6.45) is 0.210. The molecule has 21 heavy (non-hydrogen) atoms. The second kappa shape index (κ2) is 6.20. The highest BCUT2D eigenvalue weighted by Crippen LogP contribution is 2.30. The molecule has 1 rings (SSSR count). The van der Waals surface area contributed by atoms with Crippen LogP contribution in [0.4, 0.5) is 18.9 Å². The highest BCUT2D eigenvalue weighted by Gasteiger charge is 2.46. The van der Waals surface area contributed by atoms with Crippen LogP contribution in [0.2, 0.25) is 0 Å². The lowest BCUT2D eigenvalue weighted by molar-refractivity contribution is -0.0436. The number of nitrogens with two attached hydrogens (primary N) is 1. The zero-order chi connectivity index (χ0) is 16.3. The number of anilines is 1.